The zero-order chi connectivity index (χ0) is 28.4. The molecule has 1 aromatic heterocycles. The Morgan fingerprint density at radius 3 is 2.30 bits per heavy atom. The van der Waals surface area contributed by atoms with Crippen molar-refractivity contribution in [1.29, 1.82) is 5.26 Å². The molecule has 5 rings (SSSR count). The van der Waals surface area contributed by atoms with Gasteiger partial charge in [0.1, 0.15) is 23.1 Å². The molecule has 0 aliphatic carbocycles. The number of methoxy groups -OCH3 is 1. The van der Waals surface area contributed by atoms with Crippen molar-refractivity contribution in [2.75, 3.05) is 7.11 Å². The van der Waals surface area contributed by atoms with Crippen LogP contribution in [0.2, 0.25) is 0 Å². The minimum atomic E-state index is -0.599. The standard InChI is InChI=1S/C32H25BrN4O3/c1-20-26(31(38)37(32(39)27(20)18-34)21(2)22-10-6-4-7-11-22)16-24-19-36(25-12-8-5-9-13-25)35-30(24)23-14-15-29(40-3)28(33)17-23/h4-17,19,21H,1-3H3/b26-16+. The van der Waals surface area contributed by atoms with Gasteiger partial charge in [-0.2, -0.15) is 10.4 Å². The normalized spacial score (nSPS) is 15.4. The highest BCUT2D eigenvalue weighted by Gasteiger charge is 2.39. The smallest absolute Gasteiger partial charge is 0.272 e. The summed E-state index contributed by atoms with van der Waals surface area (Å²) < 4.78 is 7.89. The second-order valence-corrected chi connectivity index (χ2v) is 10.2. The summed E-state index contributed by atoms with van der Waals surface area (Å²) in [5.74, 6) is -0.389. The molecule has 0 N–H and O–H groups in total. The van der Waals surface area contributed by atoms with Crippen LogP contribution in [-0.2, 0) is 9.59 Å². The van der Waals surface area contributed by atoms with Gasteiger partial charge in [-0.05, 0) is 77.3 Å². The van der Waals surface area contributed by atoms with Gasteiger partial charge in [-0.3, -0.25) is 14.5 Å². The van der Waals surface area contributed by atoms with Gasteiger partial charge in [0.2, 0.25) is 0 Å². The zero-order valence-corrected chi connectivity index (χ0v) is 23.7. The number of aromatic nitrogens is 2. The first-order valence-corrected chi connectivity index (χ1v) is 13.4. The van der Waals surface area contributed by atoms with Crippen LogP contribution in [0.25, 0.3) is 23.0 Å². The fourth-order valence-corrected chi connectivity index (χ4v) is 5.27. The number of carbonyl (C=O) groups is 2. The van der Waals surface area contributed by atoms with E-state index in [0.29, 0.717) is 22.6 Å². The van der Waals surface area contributed by atoms with Crippen LogP contribution in [0, 0.1) is 11.3 Å². The molecule has 1 atom stereocenters. The van der Waals surface area contributed by atoms with Crippen LogP contribution in [-0.4, -0.2) is 33.6 Å². The van der Waals surface area contributed by atoms with E-state index < -0.39 is 17.9 Å². The third-order valence-electron chi connectivity index (χ3n) is 6.93. The van der Waals surface area contributed by atoms with E-state index in [1.165, 1.54) is 0 Å². The van der Waals surface area contributed by atoms with Crippen molar-refractivity contribution in [3.8, 4) is 28.8 Å². The van der Waals surface area contributed by atoms with Crippen molar-refractivity contribution in [3.05, 3.63) is 117 Å². The number of amides is 2. The highest BCUT2D eigenvalue weighted by molar-refractivity contribution is 9.10. The molecule has 1 aliphatic rings. The Kier molecular flexibility index (Phi) is 7.50. The van der Waals surface area contributed by atoms with Gasteiger partial charge < -0.3 is 4.74 Å². The van der Waals surface area contributed by atoms with Gasteiger partial charge in [0.15, 0.2) is 0 Å². The molecular formula is C32H25BrN4O3. The molecule has 3 aromatic carbocycles. The Balaban J connectivity index is 1.69. The van der Waals surface area contributed by atoms with E-state index in [2.05, 4.69) is 15.9 Å². The van der Waals surface area contributed by atoms with Crippen molar-refractivity contribution in [1.82, 2.24) is 14.7 Å². The second-order valence-electron chi connectivity index (χ2n) is 9.30. The van der Waals surface area contributed by atoms with E-state index in [1.54, 1.807) is 31.7 Å². The minimum absolute atomic E-state index is 0.0576. The molecule has 198 valence electrons. The van der Waals surface area contributed by atoms with Crippen molar-refractivity contribution < 1.29 is 14.3 Å². The Bertz CT molecular complexity index is 1720. The molecule has 0 radical (unpaired) electrons. The lowest BCUT2D eigenvalue weighted by Gasteiger charge is -2.32. The molecule has 2 heterocycles. The molecule has 1 unspecified atom stereocenters. The van der Waals surface area contributed by atoms with E-state index in [4.69, 9.17) is 9.84 Å². The van der Waals surface area contributed by atoms with Gasteiger partial charge >= 0.3 is 0 Å². The highest BCUT2D eigenvalue weighted by Crippen LogP contribution is 2.36. The molecule has 0 saturated carbocycles. The summed E-state index contributed by atoms with van der Waals surface area (Å²) in [4.78, 5) is 28.4. The summed E-state index contributed by atoms with van der Waals surface area (Å²) in [5, 5.41) is 14.8. The Morgan fingerprint density at radius 1 is 1.00 bits per heavy atom. The van der Waals surface area contributed by atoms with Crippen LogP contribution in [0.3, 0.4) is 0 Å². The first-order valence-electron chi connectivity index (χ1n) is 12.6. The summed E-state index contributed by atoms with van der Waals surface area (Å²) in [5.41, 5.74) is 4.25. The second kappa shape index (κ2) is 11.2. The van der Waals surface area contributed by atoms with Gasteiger partial charge in [-0.15, -0.1) is 0 Å². The summed E-state index contributed by atoms with van der Waals surface area (Å²) in [7, 11) is 1.60. The number of rotatable bonds is 6. The molecule has 8 heteroatoms. The topological polar surface area (TPSA) is 88.2 Å². The van der Waals surface area contributed by atoms with E-state index >= 15 is 0 Å². The molecule has 40 heavy (non-hydrogen) atoms. The van der Waals surface area contributed by atoms with Gasteiger partial charge in [0, 0.05) is 22.9 Å². The fourth-order valence-electron chi connectivity index (χ4n) is 4.73. The SMILES string of the molecule is COc1ccc(-c2nn(-c3ccccc3)cc2/C=C2/C(=O)N(C(C)c3ccccc3)C(=O)C(C#N)=C2C)cc1Br. The van der Waals surface area contributed by atoms with Gasteiger partial charge in [0.05, 0.1) is 23.3 Å². The molecule has 0 bridgehead atoms. The number of hydrogen-bond acceptors (Lipinski definition) is 5. The number of hydrogen-bond donors (Lipinski definition) is 0. The summed E-state index contributed by atoms with van der Waals surface area (Å²) in [6.07, 6.45) is 3.55. The molecule has 4 aromatic rings. The molecule has 7 nitrogen and oxygen atoms in total. The minimum Gasteiger partial charge on any atom is -0.496 e. The van der Waals surface area contributed by atoms with Gasteiger partial charge in [0.25, 0.3) is 11.8 Å². The maximum absolute atomic E-state index is 13.9. The predicted octanol–water partition coefficient (Wildman–Crippen LogP) is 6.66. The monoisotopic (exact) mass is 592 g/mol. The van der Waals surface area contributed by atoms with Crippen LogP contribution >= 0.6 is 15.9 Å². The van der Waals surface area contributed by atoms with Crippen molar-refractivity contribution in [2.24, 2.45) is 0 Å². The van der Waals surface area contributed by atoms with Crippen LogP contribution in [0.1, 0.15) is 31.0 Å². The van der Waals surface area contributed by atoms with Crippen LogP contribution in [0.15, 0.2) is 106 Å². The molecule has 2 amide bonds. The van der Waals surface area contributed by atoms with Gasteiger partial charge in [-0.1, -0.05) is 48.5 Å². The van der Waals surface area contributed by atoms with Crippen LogP contribution < -0.4 is 4.74 Å². The maximum atomic E-state index is 13.9. The number of nitriles is 1. The molecule has 0 spiro atoms. The van der Waals surface area contributed by atoms with E-state index in [9.17, 15) is 14.9 Å². The zero-order valence-electron chi connectivity index (χ0n) is 22.1. The number of ether oxygens (including phenoxy) is 1. The molecule has 0 fully saturated rings. The summed E-state index contributed by atoms with van der Waals surface area (Å²) >= 11 is 3.55. The first kappa shape index (κ1) is 26.9. The summed E-state index contributed by atoms with van der Waals surface area (Å²) in [6, 6.07) is 26.0. The summed E-state index contributed by atoms with van der Waals surface area (Å²) in [6.45, 7) is 3.42. The lowest BCUT2D eigenvalue weighted by atomic mass is 9.91. The quantitative estimate of drug-likeness (QED) is 0.184. The Morgan fingerprint density at radius 2 is 1.68 bits per heavy atom. The number of carbonyl (C=O) groups excluding carboxylic acids is 2. The number of imide groups is 1. The van der Waals surface area contributed by atoms with E-state index in [1.807, 2.05) is 91.1 Å². The third kappa shape index (κ3) is 4.88. The van der Waals surface area contributed by atoms with Crippen molar-refractivity contribution in [2.45, 2.75) is 19.9 Å². The lowest BCUT2D eigenvalue weighted by molar-refractivity contribution is -0.143. The third-order valence-corrected chi connectivity index (χ3v) is 7.55. The number of halogens is 1. The van der Waals surface area contributed by atoms with Crippen molar-refractivity contribution in [3.63, 3.8) is 0 Å². The first-order chi connectivity index (χ1) is 19.3. The fraction of sp³-hybridized carbons (Fsp3) is 0.125. The maximum Gasteiger partial charge on any atom is 0.272 e. The number of nitrogens with zero attached hydrogens (tertiary/aromatic N) is 4. The Hall–Kier alpha value is -4.74. The highest BCUT2D eigenvalue weighted by atomic mass is 79.9. The largest absolute Gasteiger partial charge is 0.496 e. The Labute approximate surface area is 240 Å². The molecule has 1 aliphatic heterocycles. The average Bonchev–Trinajstić information content (AvgIpc) is 3.40. The molecule has 0 saturated heterocycles. The number of benzene rings is 3. The molecular weight excluding hydrogens is 568 g/mol. The van der Waals surface area contributed by atoms with E-state index in [-0.39, 0.29) is 11.1 Å². The lowest BCUT2D eigenvalue weighted by Crippen LogP contribution is -2.44. The van der Waals surface area contributed by atoms with Crippen LogP contribution in [0.5, 0.6) is 5.75 Å². The van der Waals surface area contributed by atoms with Gasteiger partial charge in [-0.25, -0.2) is 4.68 Å². The van der Waals surface area contributed by atoms with Crippen LogP contribution in [0.4, 0.5) is 0 Å². The van der Waals surface area contributed by atoms with Crippen molar-refractivity contribution >= 4 is 33.8 Å². The number of para-hydroxylation sites is 1. The average molecular weight is 593 g/mol. The van der Waals surface area contributed by atoms with E-state index in [0.717, 1.165) is 26.2 Å². The predicted molar refractivity (Wildman–Crippen MR) is 156 cm³/mol.